The maximum atomic E-state index is 12.3. The first kappa shape index (κ1) is 16.7. The van der Waals surface area contributed by atoms with E-state index in [9.17, 15) is 13.2 Å². The van der Waals surface area contributed by atoms with Gasteiger partial charge in [-0.3, -0.25) is 4.79 Å². The first-order valence-corrected chi connectivity index (χ1v) is 9.50. The molecule has 0 N–H and O–H groups in total. The quantitative estimate of drug-likeness (QED) is 0.803. The average molecular weight is 321 g/mol. The third-order valence-electron chi connectivity index (χ3n) is 4.02. The molecule has 0 unspecified atom stereocenters. The maximum Gasteiger partial charge on any atom is 0.246 e. The smallest absolute Gasteiger partial charge is 0.246 e. The van der Waals surface area contributed by atoms with Gasteiger partial charge in [0.1, 0.15) is 0 Å². The number of benzene rings is 1. The zero-order chi connectivity index (χ0) is 16.2. The molecule has 1 saturated heterocycles. The van der Waals surface area contributed by atoms with Gasteiger partial charge in [0.25, 0.3) is 0 Å². The molecule has 0 radical (unpaired) electrons. The number of aryl methyl sites for hydroxylation is 1. The highest BCUT2D eigenvalue weighted by Crippen LogP contribution is 2.16. The number of carbonyl (C=O) groups is 1. The van der Waals surface area contributed by atoms with Gasteiger partial charge in [0.05, 0.1) is 11.5 Å². The van der Waals surface area contributed by atoms with Crippen LogP contribution in [0, 0.1) is 0 Å². The summed E-state index contributed by atoms with van der Waals surface area (Å²) < 4.78 is 23.2. The number of rotatable bonds is 3. The monoisotopic (exact) mass is 321 g/mol. The SMILES string of the molecule is CCc1ccc(/C(C)=C/C(=O)N2CCCS(=O)(=O)CC2)cc1. The Kier molecular flexibility index (Phi) is 5.40. The van der Waals surface area contributed by atoms with Gasteiger partial charge >= 0.3 is 0 Å². The molecule has 0 spiro atoms. The number of sulfone groups is 1. The van der Waals surface area contributed by atoms with Crippen molar-refractivity contribution in [2.24, 2.45) is 0 Å². The van der Waals surface area contributed by atoms with Crippen LogP contribution in [0.25, 0.3) is 5.57 Å². The molecule has 1 aromatic carbocycles. The van der Waals surface area contributed by atoms with E-state index in [0.717, 1.165) is 17.6 Å². The summed E-state index contributed by atoms with van der Waals surface area (Å²) in [6, 6.07) is 8.17. The molecule has 22 heavy (non-hydrogen) atoms. The van der Waals surface area contributed by atoms with Crippen LogP contribution in [0.1, 0.15) is 31.4 Å². The highest BCUT2D eigenvalue weighted by atomic mass is 32.2. The van der Waals surface area contributed by atoms with E-state index in [4.69, 9.17) is 0 Å². The minimum absolute atomic E-state index is 0.0663. The number of nitrogens with zero attached hydrogens (tertiary/aromatic N) is 1. The van der Waals surface area contributed by atoms with Gasteiger partial charge in [0, 0.05) is 19.2 Å². The molecule has 1 fully saturated rings. The summed E-state index contributed by atoms with van der Waals surface area (Å²) in [6.45, 7) is 4.82. The number of hydrogen-bond donors (Lipinski definition) is 0. The van der Waals surface area contributed by atoms with Crippen LogP contribution in [0.15, 0.2) is 30.3 Å². The van der Waals surface area contributed by atoms with Crippen molar-refractivity contribution >= 4 is 21.3 Å². The lowest BCUT2D eigenvalue weighted by Gasteiger charge is -2.18. The van der Waals surface area contributed by atoms with Gasteiger partial charge in [-0.05, 0) is 36.5 Å². The molecule has 2 rings (SSSR count). The fourth-order valence-electron chi connectivity index (χ4n) is 2.52. The van der Waals surface area contributed by atoms with E-state index in [2.05, 4.69) is 19.1 Å². The number of carbonyl (C=O) groups excluding carboxylic acids is 1. The molecular formula is C17H23NO3S. The molecule has 0 saturated carbocycles. The second-order valence-electron chi connectivity index (χ2n) is 5.71. The molecule has 1 heterocycles. The molecule has 1 aliphatic heterocycles. The lowest BCUT2D eigenvalue weighted by Crippen LogP contribution is -2.32. The van der Waals surface area contributed by atoms with Gasteiger partial charge in [0.2, 0.25) is 5.91 Å². The number of allylic oxidation sites excluding steroid dienone is 1. The predicted octanol–water partition coefficient (Wildman–Crippen LogP) is 2.30. The molecule has 1 aliphatic rings. The Morgan fingerprint density at radius 3 is 2.50 bits per heavy atom. The predicted molar refractivity (Wildman–Crippen MR) is 89.3 cm³/mol. The zero-order valence-corrected chi connectivity index (χ0v) is 14.0. The zero-order valence-electron chi connectivity index (χ0n) is 13.2. The number of hydrogen-bond acceptors (Lipinski definition) is 3. The fourth-order valence-corrected chi connectivity index (χ4v) is 3.79. The Bertz CT molecular complexity index is 660. The van der Waals surface area contributed by atoms with Crippen molar-refractivity contribution in [2.45, 2.75) is 26.7 Å². The second kappa shape index (κ2) is 7.09. The third-order valence-corrected chi connectivity index (χ3v) is 5.74. The van der Waals surface area contributed by atoms with Crippen LogP contribution < -0.4 is 0 Å². The van der Waals surface area contributed by atoms with Crippen LogP contribution in [-0.4, -0.2) is 43.8 Å². The Labute approximate surface area is 132 Å². The van der Waals surface area contributed by atoms with Gasteiger partial charge < -0.3 is 4.90 Å². The van der Waals surface area contributed by atoms with Crippen LogP contribution in [0.3, 0.4) is 0 Å². The van der Waals surface area contributed by atoms with E-state index in [-0.39, 0.29) is 17.4 Å². The van der Waals surface area contributed by atoms with Gasteiger partial charge in [-0.25, -0.2) is 8.42 Å². The minimum Gasteiger partial charge on any atom is -0.338 e. The third kappa shape index (κ3) is 4.44. The van der Waals surface area contributed by atoms with Crippen molar-refractivity contribution in [3.63, 3.8) is 0 Å². The normalized spacial score (nSPS) is 18.8. The van der Waals surface area contributed by atoms with E-state index >= 15 is 0 Å². The highest BCUT2D eigenvalue weighted by molar-refractivity contribution is 7.91. The Balaban J connectivity index is 2.08. The van der Waals surface area contributed by atoms with Crippen LogP contribution in [0.5, 0.6) is 0 Å². The summed E-state index contributed by atoms with van der Waals surface area (Å²) in [5.41, 5.74) is 3.19. The largest absolute Gasteiger partial charge is 0.338 e. The summed E-state index contributed by atoms with van der Waals surface area (Å²) >= 11 is 0. The van der Waals surface area contributed by atoms with E-state index in [0.29, 0.717) is 19.5 Å². The molecule has 0 bridgehead atoms. The Morgan fingerprint density at radius 1 is 1.18 bits per heavy atom. The molecule has 5 heteroatoms. The molecule has 1 amide bonds. The highest BCUT2D eigenvalue weighted by Gasteiger charge is 2.21. The van der Waals surface area contributed by atoms with Gasteiger partial charge in [0.15, 0.2) is 9.84 Å². The molecule has 4 nitrogen and oxygen atoms in total. The summed E-state index contributed by atoms with van der Waals surface area (Å²) in [5, 5.41) is 0. The molecule has 0 aromatic heterocycles. The summed E-state index contributed by atoms with van der Waals surface area (Å²) in [5.74, 6) is 0.142. The second-order valence-corrected chi connectivity index (χ2v) is 8.01. The molecule has 0 atom stereocenters. The van der Waals surface area contributed by atoms with Crippen molar-refractivity contribution in [2.75, 3.05) is 24.6 Å². The maximum absolute atomic E-state index is 12.3. The average Bonchev–Trinajstić information content (AvgIpc) is 2.68. The van der Waals surface area contributed by atoms with E-state index in [1.165, 1.54) is 5.56 Å². The summed E-state index contributed by atoms with van der Waals surface area (Å²) in [4.78, 5) is 14.0. The van der Waals surface area contributed by atoms with Crippen LogP contribution in [0.4, 0.5) is 0 Å². The lowest BCUT2D eigenvalue weighted by molar-refractivity contribution is -0.125. The summed E-state index contributed by atoms with van der Waals surface area (Å²) in [7, 11) is -2.99. The van der Waals surface area contributed by atoms with E-state index < -0.39 is 9.84 Å². The Morgan fingerprint density at radius 2 is 1.86 bits per heavy atom. The van der Waals surface area contributed by atoms with Crippen molar-refractivity contribution in [1.29, 1.82) is 0 Å². The molecular weight excluding hydrogens is 298 g/mol. The first-order valence-electron chi connectivity index (χ1n) is 7.68. The molecule has 0 aliphatic carbocycles. The number of amides is 1. The standard InChI is InChI=1S/C17H23NO3S/c1-3-15-5-7-16(8-6-15)14(2)13-17(19)18-9-4-11-22(20,21)12-10-18/h5-8,13H,3-4,9-12H2,1-2H3/b14-13+. The van der Waals surface area contributed by atoms with Crippen molar-refractivity contribution in [3.05, 3.63) is 41.5 Å². The van der Waals surface area contributed by atoms with E-state index in [1.54, 1.807) is 11.0 Å². The summed E-state index contributed by atoms with van der Waals surface area (Å²) in [6.07, 6.45) is 3.12. The van der Waals surface area contributed by atoms with Crippen molar-refractivity contribution < 1.29 is 13.2 Å². The topological polar surface area (TPSA) is 54.5 Å². The van der Waals surface area contributed by atoms with Crippen molar-refractivity contribution in [1.82, 2.24) is 4.90 Å². The van der Waals surface area contributed by atoms with Crippen LogP contribution >= 0.6 is 0 Å². The lowest BCUT2D eigenvalue weighted by atomic mass is 10.0. The fraction of sp³-hybridized carbons (Fsp3) is 0.471. The van der Waals surface area contributed by atoms with Crippen LogP contribution in [0.2, 0.25) is 0 Å². The van der Waals surface area contributed by atoms with Crippen molar-refractivity contribution in [3.8, 4) is 0 Å². The van der Waals surface area contributed by atoms with Gasteiger partial charge in [-0.1, -0.05) is 31.2 Å². The van der Waals surface area contributed by atoms with E-state index in [1.807, 2.05) is 19.1 Å². The van der Waals surface area contributed by atoms with Gasteiger partial charge in [-0.15, -0.1) is 0 Å². The molecule has 120 valence electrons. The first-order chi connectivity index (χ1) is 10.4. The minimum atomic E-state index is -2.99. The molecule has 1 aromatic rings. The van der Waals surface area contributed by atoms with Crippen LogP contribution in [-0.2, 0) is 21.1 Å². The Hall–Kier alpha value is -1.62. The van der Waals surface area contributed by atoms with Gasteiger partial charge in [-0.2, -0.15) is 0 Å².